The Morgan fingerprint density at radius 2 is 1.67 bits per heavy atom. The highest BCUT2D eigenvalue weighted by Gasteiger charge is 2.29. The first-order valence-corrected chi connectivity index (χ1v) is 13.4. The van der Waals surface area contributed by atoms with Gasteiger partial charge in [-0.3, -0.25) is 4.99 Å². The number of H-pyrrole nitrogens is 1. The van der Waals surface area contributed by atoms with Gasteiger partial charge in [0.25, 0.3) is 0 Å². The van der Waals surface area contributed by atoms with E-state index in [4.69, 9.17) is 9.98 Å². The molecule has 0 bridgehead atoms. The number of amidine groups is 1. The van der Waals surface area contributed by atoms with E-state index in [1.165, 1.54) is 0 Å². The van der Waals surface area contributed by atoms with Gasteiger partial charge in [0.05, 0.1) is 16.7 Å². The third kappa shape index (κ3) is 5.89. The lowest BCUT2D eigenvalue weighted by Crippen LogP contribution is -2.32. The van der Waals surface area contributed by atoms with E-state index in [2.05, 4.69) is 111 Å². The molecule has 2 aliphatic heterocycles. The molecule has 0 radical (unpaired) electrons. The van der Waals surface area contributed by atoms with Gasteiger partial charge in [0.1, 0.15) is 11.9 Å². The van der Waals surface area contributed by atoms with Gasteiger partial charge in [-0.1, -0.05) is 98.8 Å². The Balaban J connectivity index is 0.000000861. The molecule has 0 amide bonds. The summed E-state index contributed by atoms with van der Waals surface area (Å²) in [5, 5.41) is 7.13. The largest absolute Gasteiger partial charge is 0.376 e. The molecule has 1 aromatic carbocycles. The van der Waals surface area contributed by atoms with E-state index >= 15 is 0 Å². The molecule has 0 fully saturated rings. The molecule has 192 valence electrons. The maximum absolute atomic E-state index is 4.88. The minimum Gasteiger partial charge on any atom is -0.376 e. The maximum atomic E-state index is 4.88. The van der Waals surface area contributed by atoms with E-state index in [-0.39, 0.29) is 11.5 Å². The van der Waals surface area contributed by atoms with E-state index in [1.54, 1.807) is 0 Å². The molecular formula is C31H43N5. The summed E-state index contributed by atoms with van der Waals surface area (Å²) in [6.45, 7) is 19.0. The zero-order valence-electron chi connectivity index (χ0n) is 23.4. The SMILES string of the molecule is CC.CC.CC(C)C1C=CC=C(c2nc3ccc(C4=CC=CC5N=C(C(C)(C)C)NC5=C4)cc3[nH]2)N1. The zero-order valence-corrected chi connectivity index (χ0v) is 23.4. The van der Waals surface area contributed by atoms with Crippen LogP contribution in [0.2, 0.25) is 0 Å². The second-order valence-electron chi connectivity index (χ2n) is 10.1. The minimum atomic E-state index is 0.00158. The minimum absolute atomic E-state index is 0.00158. The van der Waals surface area contributed by atoms with Crippen LogP contribution in [-0.2, 0) is 0 Å². The number of fused-ring (bicyclic) bond motifs is 2. The van der Waals surface area contributed by atoms with E-state index in [0.29, 0.717) is 12.0 Å². The molecule has 0 saturated carbocycles. The van der Waals surface area contributed by atoms with Crippen molar-refractivity contribution in [1.82, 2.24) is 20.6 Å². The Morgan fingerprint density at radius 3 is 2.36 bits per heavy atom. The highest BCUT2D eigenvalue weighted by Crippen LogP contribution is 2.30. The second-order valence-corrected chi connectivity index (χ2v) is 10.1. The number of imidazole rings is 1. The standard InChI is InChI=1S/C27H31N5.2C2H6/c1-16(2)19-9-7-11-22(28-19)25-29-21-13-12-18(15-23(21)30-25)17-8-6-10-20-24(14-17)32-26(31-20)27(3,4)5;2*1-2/h6-16,19-20,28H,1-5H3,(H,29,30)(H,31,32);2*1-2H3. The van der Waals surface area contributed by atoms with Gasteiger partial charge in [0.2, 0.25) is 0 Å². The molecule has 5 nitrogen and oxygen atoms in total. The number of hydrogen-bond acceptors (Lipinski definition) is 4. The number of nitrogens with zero attached hydrogens (tertiary/aromatic N) is 2. The molecule has 5 rings (SSSR count). The molecule has 2 atom stereocenters. The lowest BCUT2D eigenvalue weighted by molar-refractivity contribution is 0.518. The smallest absolute Gasteiger partial charge is 0.154 e. The van der Waals surface area contributed by atoms with Gasteiger partial charge >= 0.3 is 0 Å². The van der Waals surface area contributed by atoms with Crippen LogP contribution in [0.15, 0.2) is 71.4 Å². The van der Waals surface area contributed by atoms with Crippen LogP contribution in [-0.4, -0.2) is 27.9 Å². The summed E-state index contributed by atoms with van der Waals surface area (Å²) in [6, 6.07) is 6.80. The average molecular weight is 486 g/mol. The van der Waals surface area contributed by atoms with Crippen molar-refractivity contribution >= 4 is 28.1 Å². The first-order chi connectivity index (χ1) is 17.3. The van der Waals surface area contributed by atoms with Gasteiger partial charge in [0, 0.05) is 17.2 Å². The van der Waals surface area contributed by atoms with Crippen molar-refractivity contribution in [3.8, 4) is 0 Å². The topological polar surface area (TPSA) is 65.1 Å². The van der Waals surface area contributed by atoms with Crippen LogP contribution in [0.4, 0.5) is 0 Å². The predicted molar refractivity (Wildman–Crippen MR) is 157 cm³/mol. The Labute approximate surface area is 217 Å². The number of aromatic amines is 1. The van der Waals surface area contributed by atoms with Crippen LogP contribution in [0, 0.1) is 11.3 Å². The summed E-state index contributed by atoms with van der Waals surface area (Å²) >= 11 is 0. The van der Waals surface area contributed by atoms with Gasteiger partial charge in [-0.25, -0.2) is 4.98 Å². The third-order valence-corrected chi connectivity index (χ3v) is 6.13. The monoisotopic (exact) mass is 485 g/mol. The molecule has 2 unspecified atom stereocenters. The summed E-state index contributed by atoms with van der Waals surface area (Å²) in [4.78, 5) is 13.2. The van der Waals surface area contributed by atoms with E-state index in [0.717, 1.165) is 45.2 Å². The number of benzene rings is 1. The van der Waals surface area contributed by atoms with Crippen molar-refractivity contribution in [2.75, 3.05) is 0 Å². The molecule has 3 N–H and O–H groups in total. The molecular weight excluding hydrogens is 442 g/mol. The highest BCUT2D eigenvalue weighted by atomic mass is 15.1. The quantitative estimate of drug-likeness (QED) is 0.424. The number of hydrogen-bond donors (Lipinski definition) is 3. The fourth-order valence-corrected chi connectivity index (χ4v) is 4.16. The van der Waals surface area contributed by atoms with Crippen molar-refractivity contribution in [2.45, 2.75) is 74.4 Å². The molecule has 5 heteroatoms. The Kier molecular flexibility index (Phi) is 8.78. The average Bonchev–Trinajstić information content (AvgIpc) is 3.45. The first kappa shape index (κ1) is 27.3. The van der Waals surface area contributed by atoms with Gasteiger partial charge in [-0.2, -0.15) is 0 Å². The fourth-order valence-electron chi connectivity index (χ4n) is 4.16. The zero-order chi connectivity index (χ0) is 26.5. The fraction of sp³-hybridized carbons (Fsp3) is 0.419. The maximum Gasteiger partial charge on any atom is 0.154 e. The lowest BCUT2D eigenvalue weighted by atomic mass is 9.95. The molecule has 2 aromatic rings. The molecule has 0 spiro atoms. The van der Waals surface area contributed by atoms with Crippen LogP contribution in [0.25, 0.3) is 22.3 Å². The van der Waals surface area contributed by atoms with Crippen molar-refractivity contribution in [1.29, 1.82) is 0 Å². The lowest BCUT2D eigenvalue weighted by Gasteiger charge is -2.23. The van der Waals surface area contributed by atoms with E-state index < -0.39 is 0 Å². The number of aliphatic imine (C=N–C) groups is 1. The van der Waals surface area contributed by atoms with Crippen molar-refractivity contribution in [3.63, 3.8) is 0 Å². The summed E-state index contributed by atoms with van der Waals surface area (Å²) in [7, 11) is 0. The molecule has 36 heavy (non-hydrogen) atoms. The summed E-state index contributed by atoms with van der Waals surface area (Å²) in [5.41, 5.74) is 6.48. The highest BCUT2D eigenvalue weighted by molar-refractivity contribution is 5.93. The van der Waals surface area contributed by atoms with Crippen LogP contribution in [0.3, 0.4) is 0 Å². The Morgan fingerprint density at radius 1 is 0.944 bits per heavy atom. The second kappa shape index (κ2) is 11.6. The number of dihydropyridines is 1. The van der Waals surface area contributed by atoms with E-state index in [1.807, 2.05) is 27.7 Å². The summed E-state index contributed by atoms with van der Waals surface area (Å²) in [6.07, 6.45) is 15.0. The summed E-state index contributed by atoms with van der Waals surface area (Å²) < 4.78 is 0. The van der Waals surface area contributed by atoms with Gasteiger partial charge in [-0.15, -0.1) is 0 Å². The van der Waals surface area contributed by atoms with Crippen molar-refractivity contribution < 1.29 is 0 Å². The normalized spacial score (nSPS) is 20.4. The molecule has 3 heterocycles. The predicted octanol–water partition coefficient (Wildman–Crippen LogP) is 7.39. The van der Waals surface area contributed by atoms with E-state index in [9.17, 15) is 0 Å². The number of rotatable bonds is 3. The Hall–Kier alpha value is -3.34. The van der Waals surface area contributed by atoms with Crippen molar-refractivity contribution in [3.05, 3.63) is 77.8 Å². The first-order valence-electron chi connectivity index (χ1n) is 13.4. The summed E-state index contributed by atoms with van der Waals surface area (Å²) in [5.74, 6) is 2.43. The third-order valence-electron chi connectivity index (χ3n) is 6.13. The van der Waals surface area contributed by atoms with Crippen LogP contribution in [0.5, 0.6) is 0 Å². The number of aromatic nitrogens is 2. The molecule has 0 saturated heterocycles. The van der Waals surface area contributed by atoms with Crippen molar-refractivity contribution in [2.24, 2.45) is 16.3 Å². The number of nitrogens with one attached hydrogen (secondary N) is 3. The Bertz CT molecular complexity index is 1240. The molecule has 1 aromatic heterocycles. The van der Waals surface area contributed by atoms with Crippen LogP contribution in [0.1, 0.15) is 73.7 Å². The number of allylic oxidation sites excluding steroid dienone is 6. The molecule has 3 aliphatic rings. The van der Waals surface area contributed by atoms with Crippen LogP contribution < -0.4 is 10.6 Å². The molecule has 1 aliphatic carbocycles. The van der Waals surface area contributed by atoms with Gasteiger partial charge < -0.3 is 15.6 Å². The van der Waals surface area contributed by atoms with Gasteiger partial charge in [-0.05, 0) is 41.3 Å². The van der Waals surface area contributed by atoms with Gasteiger partial charge in [0.15, 0.2) is 5.82 Å². The van der Waals surface area contributed by atoms with Crippen LogP contribution >= 0.6 is 0 Å².